The highest BCUT2D eigenvalue weighted by molar-refractivity contribution is 9.10. The number of carbonyl (C=O) groups excluding carboxylic acids is 1. The number of nitrogens with one attached hydrogen (secondary N) is 1. The van der Waals surface area contributed by atoms with Crippen LogP contribution in [-0.2, 0) is 4.79 Å². The molecule has 1 fully saturated rings. The van der Waals surface area contributed by atoms with E-state index in [0.717, 1.165) is 34.9 Å². The van der Waals surface area contributed by atoms with E-state index in [9.17, 15) is 14.9 Å². The lowest BCUT2D eigenvalue weighted by Crippen LogP contribution is -2.41. The van der Waals surface area contributed by atoms with Crippen molar-refractivity contribution in [2.24, 2.45) is 5.92 Å². The Kier molecular flexibility index (Phi) is 5.39. The summed E-state index contributed by atoms with van der Waals surface area (Å²) in [4.78, 5) is 34.0. The number of benzene rings is 1. The first kappa shape index (κ1) is 19.3. The zero-order chi connectivity index (χ0) is 20.4. The molecule has 3 heterocycles. The van der Waals surface area contributed by atoms with Crippen LogP contribution >= 0.6 is 15.9 Å². The van der Waals surface area contributed by atoms with Gasteiger partial charge in [-0.1, -0.05) is 0 Å². The number of hydrogen-bond donors (Lipinski definition) is 1. The fourth-order valence-electron chi connectivity index (χ4n) is 3.68. The molecule has 0 saturated carbocycles. The van der Waals surface area contributed by atoms with Gasteiger partial charge >= 0.3 is 0 Å². The summed E-state index contributed by atoms with van der Waals surface area (Å²) in [6.07, 6.45) is 6.42. The molecule has 1 saturated heterocycles. The number of piperidine rings is 1. The molecular weight excluding hydrogens is 438 g/mol. The van der Waals surface area contributed by atoms with Crippen molar-refractivity contribution in [2.75, 3.05) is 23.3 Å². The lowest BCUT2D eigenvalue weighted by atomic mass is 9.95. The maximum atomic E-state index is 12.7. The van der Waals surface area contributed by atoms with Crippen LogP contribution in [0.15, 0.2) is 53.4 Å². The predicted octanol–water partition coefficient (Wildman–Crippen LogP) is 4.16. The quantitative estimate of drug-likeness (QED) is 0.468. The zero-order valence-corrected chi connectivity index (χ0v) is 17.0. The van der Waals surface area contributed by atoms with Crippen molar-refractivity contribution in [3.05, 3.63) is 63.5 Å². The van der Waals surface area contributed by atoms with Gasteiger partial charge in [-0.05, 0) is 53.0 Å². The lowest BCUT2D eigenvalue weighted by molar-refractivity contribution is -0.383. The maximum absolute atomic E-state index is 12.7. The van der Waals surface area contributed by atoms with E-state index >= 15 is 0 Å². The summed E-state index contributed by atoms with van der Waals surface area (Å²) in [7, 11) is 0. The standard InChI is InChI=1S/C20H18BrN5O3/c21-14-3-6-19(23-10-14)24-20(27)13-2-1-9-25(12-13)17-4-5-18(26(28)29)16-11-22-8-7-15(16)17/h3-8,10-11,13H,1-2,9,12H2,(H,23,24,27). The molecule has 1 atom stereocenters. The van der Waals surface area contributed by atoms with Crippen molar-refractivity contribution < 1.29 is 9.72 Å². The van der Waals surface area contributed by atoms with Gasteiger partial charge in [-0.2, -0.15) is 0 Å². The highest BCUT2D eigenvalue weighted by Crippen LogP contribution is 2.35. The van der Waals surface area contributed by atoms with E-state index in [1.807, 2.05) is 6.07 Å². The highest BCUT2D eigenvalue weighted by atomic mass is 79.9. The smallest absolute Gasteiger partial charge is 0.278 e. The third-order valence-corrected chi connectivity index (χ3v) is 5.55. The molecule has 1 aliphatic rings. The third-order valence-electron chi connectivity index (χ3n) is 5.08. The van der Waals surface area contributed by atoms with E-state index < -0.39 is 4.92 Å². The van der Waals surface area contributed by atoms with E-state index in [1.165, 1.54) is 12.3 Å². The Morgan fingerprint density at radius 2 is 2.07 bits per heavy atom. The normalized spacial score (nSPS) is 16.6. The number of carbonyl (C=O) groups is 1. The van der Waals surface area contributed by atoms with Crippen molar-refractivity contribution in [3.63, 3.8) is 0 Å². The lowest BCUT2D eigenvalue weighted by Gasteiger charge is -2.34. The molecule has 9 heteroatoms. The molecule has 148 valence electrons. The van der Waals surface area contributed by atoms with Crippen molar-refractivity contribution in [1.29, 1.82) is 0 Å². The van der Waals surface area contributed by atoms with Crippen molar-refractivity contribution in [1.82, 2.24) is 9.97 Å². The minimum absolute atomic E-state index is 0.0319. The minimum atomic E-state index is -0.397. The van der Waals surface area contributed by atoms with Crippen LogP contribution in [0.1, 0.15) is 12.8 Å². The van der Waals surface area contributed by atoms with Gasteiger partial charge in [0.1, 0.15) is 5.82 Å². The minimum Gasteiger partial charge on any atom is -0.370 e. The Morgan fingerprint density at radius 3 is 2.83 bits per heavy atom. The fourth-order valence-corrected chi connectivity index (χ4v) is 3.92. The summed E-state index contributed by atoms with van der Waals surface area (Å²) in [5, 5.41) is 15.5. The van der Waals surface area contributed by atoms with Gasteiger partial charge < -0.3 is 10.2 Å². The van der Waals surface area contributed by atoms with Crippen LogP contribution in [0.25, 0.3) is 10.8 Å². The van der Waals surface area contributed by atoms with E-state index in [1.54, 1.807) is 30.6 Å². The number of non-ortho nitro benzene ring substituents is 1. The Morgan fingerprint density at radius 1 is 1.21 bits per heavy atom. The van der Waals surface area contributed by atoms with Gasteiger partial charge in [0.25, 0.3) is 5.69 Å². The molecule has 0 radical (unpaired) electrons. The second-order valence-corrected chi connectivity index (χ2v) is 7.83. The number of anilines is 2. The van der Waals surface area contributed by atoms with Crippen LogP contribution in [0.2, 0.25) is 0 Å². The summed E-state index contributed by atoms with van der Waals surface area (Å²) < 4.78 is 0.846. The Bertz CT molecular complexity index is 1070. The topological polar surface area (TPSA) is 101 Å². The Hall–Kier alpha value is -3.07. The Labute approximate surface area is 175 Å². The van der Waals surface area contributed by atoms with Gasteiger partial charge in [0.15, 0.2) is 0 Å². The van der Waals surface area contributed by atoms with Crippen LogP contribution < -0.4 is 10.2 Å². The molecular formula is C20H18BrN5O3. The number of pyridine rings is 2. The van der Waals surface area contributed by atoms with Gasteiger partial charge in [0.05, 0.1) is 16.2 Å². The number of nitrogens with zero attached hydrogens (tertiary/aromatic N) is 4. The van der Waals surface area contributed by atoms with E-state index in [0.29, 0.717) is 17.7 Å². The van der Waals surface area contributed by atoms with Crippen molar-refractivity contribution in [2.45, 2.75) is 12.8 Å². The molecule has 1 N–H and O–H groups in total. The molecule has 0 aliphatic carbocycles. The first-order valence-electron chi connectivity index (χ1n) is 9.21. The third kappa shape index (κ3) is 4.04. The SMILES string of the molecule is O=C(Nc1ccc(Br)cn1)C1CCCN(c2ccc([N+](=O)[O-])c3cnccc23)C1. The number of hydrogen-bond acceptors (Lipinski definition) is 6. The summed E-state index contributed by atoms with van der Waals surface area (Å²) in [5.41, 5.74) is 0.914. The molecule has 2 aromatic heterocycles. The summed E-state index contributed by atoms with van der Waals surface area (Å²) >= 11 is 3.33. The van der Waals surface area contributed by atoms with Crippen LogP contribution in [0.5, 0.6) is 0 Å². The van der Waals surface area contributed by atoms with Crippen molar-refractivity contribution >= 4 is 49.8 Å². The van der Waals surface area contributed by atoms with E-state index in [4.69, 9.17) is 0 Å². The molecule has 1 aliphatic heterocycles. The molecule has 0 spiro atoms. The molecule has 3 aromatic rings. The number of nitro benzene ring substituents is 1. The molecule has 1 unspecified atom stereocenters. The monoisotopic (exact) mass is 455 g/mol. The number of aromatic nitrogens is 2. The summed E-state index contributed by atoms with van der Waals surface area (Å²) in [6.45, 7) is 1.33. The first-order chi connectivity index (χ1) is 14.0. The van der Waals surface area contributed by atoms with Crippen LogP contribution in [0, 0.1) is 16.0 Å². The van der Waals surface area contributed by atoms with Crippen LogP contribution in [0.3, 0.4) is 0 Å². The second kappa shape index (κ2) is 8.12. The van der Waals surface area contributed by atoms with Crippen LogP contribution in [-0.4, -0.2) is 33.9 Å². The summed E-state index contributed by atoms with van der Waals surface area (Å²) in [6, 6.07) is 8.63. The number of amides is 1. The maximum Gasteiger partial charge on any atom is 0.278 e. The zero-order valence-electron chi connectivity index (χ0n) is 15.4. The highest BCUT2D eigenvalue weighted by Gasteiger charge is 2.28. The van der Waals surface area contributed by atoms with E-state index in [-0.39, 0.29) is 17.5 Å². The van der Waals surface area contributed by atoms with Crippen LogP contribution in [0.4, 0.5) is 17.2 Å². The van der Waals surface area contributed by atoms with Gasteiger partial charge in [-0.25, -0.2) is 4.98 Å². The fraction of sp³-hybridized carbons (Fsp3) is 0.250. The second-order valence-electron chi connectivity index (χ2n) is 6.92. The number of fused-ring (bicyclic) bond motifs is 1. The molecule has 1 amide bonds. The number of rotatable bonds is 4. The molecule has 0 bridgehead atoms. The molecule has 8 nitrogen and oxygen atoms in total. The summed E-state index contributed by atoms with van der Waals surface area (Å²) in [5.74, 6) is 0.251. The van der Waals surface area contributed by atoms with Gasteiger partial charge in [0, 0.05) is 53.3 Å². The molecule has 29 heavy (non-hydrogen) atoms. The number of nitro groups is 1. The van der Waals surface area contributed by atoms with Gasteiger partial charge in [-0.15, -0.1) is 0 Å². The van der Waals surface area contributed by atoms with Gasteiger partial charge in [0.2, 0.25) is 5.91 Å². The Balaban J connectivity index is 1.57. The molecule has 4 rings (SSSR count). The average molecular weight is 456 g/mol. The molecule has 1 aromatic carbocycles. The van der Waals surface area contributed by atoms with E-state index in [2.05, 4.69) is 36.1 Å². The largest absolute Gasteiger partial charge is 0.370 e. The van der Waals surface area contributed by atoms with Crippen molar-refractivity contribution in [3.8, 4) is 0 Å². The van der Waals surface area contributed by atoms with Gasteiger partial charge in [-0.3, -0.25) is 19.9 Å². The average Bonchev–Trinajstić information content (AvgIpc) is 2.74. The predicted molar refractivity (Wildman–Crippen MR) is 114 cm³/mol. The first-order valence-corrected chi connectivity index (χ1v) is 10.0. The number of halogens is 1.